The van der Waals surface area contributed by atoms with E-state index in [9.17, 15) is 82.8 Å². The third-order valence-corrected chi connectivity index (χ3v) is 17.6. The molecule has 22 N–H and O–H groups in total. The first kappa shape index (κ1) is 83.3. The van der Waals surface area contributed by atoms with Crippen LogP contribution in [0.5, 0.6) is 0 Å². The molecule has 36 heteroatoms. The van der Waals surface area contributed by atoms with E-state index in [0.717, 1.165) is 6.92 Å². The van der Waals surface area contributed by atoms with Gasteiger partial charge >= 0.3 is 5.97 Å². The summed E-state index contributed by atoms with van der Waals surface area (Å²) >= 11 is 8.19. The molecule has 34 nitrogen and oxygen atoms in total. The Morgan fingerprint density at radius 3 is 1.62 bits per heavy atom. The summed E-state index contributed by atoms with van der Waals surface area (Å²) in [6, 6.07) is -8.16. The maximum Gasteiger partial charge on any atom is 0.326 e. The monoisotopic (exact) mass is 1410 g/mol. The normalized spacial score (nSPS) is 18.4. The zero-order valence-electron chi connectivity index (χ0n) is 55.5. The number of aliphatic carboxylic acids is 1. The lowest BCUT2D eigenvalue weighted by Crippen LogP contribution is -2.63. The van der Waals surface area contributed by atoms with Gasteiger partial charge in [0.05, 0.1) is 31.9 Å². The molecule has 0 aromatic heterocycles. The Morgan fingerprint density at radius 1 is 0.588 bits per heavy atom. The molecule has 0 saturated carbocycles. The molecule has 0 unspecified atom stereocenters. The van der Waals surface area contributed by atoms with Crippen molar-refractivity contribution in [3.8, 4) is 0 Å². The molecule has 2 aliphatic heterocycles. The second-order valence-electron chi connectivity index (χ2n) is 24.1. The van der Waals surface area contributed by atoms with E-state index in [1.54, 1.807) is 58.0 Å². The molecule has 0 radical (unpaired) electrons. The van der Waals surface area contributed by atoms with Crippen LogP contribution < -0.4 is 75.7 Å². The van der Waals surface area contributed by atoms with Crippen LogP contribution in [0.15, 0.2) is 30.3 Å². The number of nitrogens with two attached hydrogens (primary N) is 3. The summed E-state index contributed by atoms with van der Waals surface area (Å²) in [5.74, 6) is -13.5. The number of benzene rings is 1. The van der Waals surface area contributed by atoms with Crippen LogP contribution in [0.4, 0.5) is 0 Å². The SMILES string of the molecule is CC[C@H](C)[C@H](NC(=O)[C@@H]1CCCN1C(=O)[C@@H]1CCCN1C(=O)[C@@H](NC(=O)[C@H](CO)NC(=O)[C@H](CCCCN)NC(=O)[C@@H](NC(=O)[C@H](CO)NC(=O)[C@H](CCCNC(=N)N)NC(=O)CNC(=O)[C@@H](N)CS)[C@@H](C)O)[C@@H](C)CC)C(=O)N[C@@H](CS)C(=O)N[C@@H](Cc1ccccc1)C(=O)O. The topological polar surface area (TPSA) is 544 Å². The number of carbonyl (C=O) groups excluding carboxylic acids is 12. The summed E-state index contributed by atoms with van der Waals surface area (Å²) in [6.45, 7) is 5.74. The van der Waals surface area contributed by atoms with Gasteiger partial charge in [0.15, 0.2) is 5.96 Å². The molecule has 2 aliphatic rings. The molecular formula is C61H101N17O17S2. The van der Waals surface area contributed by atoms with Gasteiger partial charge in [-0.3, -0.25) is 62.9 Å². The number of likely N-dealkylation sites (tertiary alicyclic amines) is 2. The predicted octanol–water partition coefficient (Wildman–Crippen LogP) is -6.19. The zero-order chi connectivity index (χ0) is 72.6. The molecule has 2 saturated heterocycles. The lowest BCUT2D eigenvalue weighted by molar-refractivity contribution is -0.149. The number of guanidine groups is 1. The van der Waals surface area contributed by atoms with Gasteiger partial charge in [0.25, 0.3) is 0 Å². The van der Waals surface area contributed by atoms with E-state index in [2.05, 4.69) is 83.7 Å². The lowest BCUT2D eigenvalue weighted by atomic mass is 9.96. The first-order valence-corrected chi connectivity index (χ1v) is 33.8. The van der Waals surface area contributed by atoms with Crippen LogP contribution in [0.1, 0.15) is 111 Å². The molecule has 0 bridgehead atoms. The number of carboxylic acid groups (broad SMARTS) is 1. The van der Waals surface area contributed by atoms with E-state index >= 15 is 0 Å². The summed E-state index contributed by atoms with van der Waals surface area (Å²) in [5, 5.41) is 76.0. The Kier molecular flexibility index (Phi) is 36.7. The Labute approximate surface area is 574 Å². The summed E-state index contributed by atoms with van der Waals surface area (Å²) in [4.78, 5) is 180. The molecule has 0 aliphatic carbocycles. The molecule has 15 atom stereocenters. The maximum absolute atomic E-state index is 14.7. The Hall–Kier alpha value is -7.90. The molecule has 0 spiro atoms. The van der Waals surface area contributed by atoms with Gasteiger partial charge in [-0.05, 0) is 88.7 Å². The van der Waals surface area contributed by atoms with Crippen molar-refractivity contribution in [2.24, 2.45) is 29.0 Å². The van der Waals surface area contributed by atoms with Crippen LogP contribution in [0, 0.1) is 17.2 Å². The van der Waals surface area contributed by atoms with E-state index in [4.69, 9.17) is 22.6 Å². The highest BCUT2D eigenvalue weighted by atomic mass is 32.1. The molecule has 12 amide bonds. The van der Waals surface area contributed by atoms with Crippen molar-refractivity contribution < 1.29 is 82.8 Å². The number of aliphatic hydroxyl groups excluding tert-OH is 3. The summed E-state index contributed by atoms with van der Waals surface area (Å²) < 4.78 is 0. The fourth-order valence-corrected chi connectivity index (χ4v) is 11.1. The molecule has 1 aromatic rings. The van der Waals surface area contributed by atoms with Crippen molar-refractivity contribution in [2.75, 3.05) is 57.4 Å². The predicted molar refractivity (Wildman–Crippen MR) is 360 cm³/mol. The average molecular weight is 1410 g/mol. The van der Waals surface area contributed by atoms with Crippen LogP contribution in [0.2, 0.25) is 0 Å². The molecular weight excluding hydrogens is 1310 g/mol. The molecule has 2 heterocycles. The van der Waals surface area contributed by atoms with E-state index in [-0.39, 0.29) is 88.6 Å². The number of nitrogens with one attached hydrogen (secondary N) is 12. The van der Waals surface area contributed by atoms with Crippen LogP contribution in [-0.2, 0) is 68.7 Å². The standard InChI is InChI=1S/C61H101N17O17S2/c1-6-32(3)46(56(90)73-42(31-97)54(88)70-39(60(94)95)26-35-16-9-8-10-17-35)74-55(89)43-20-14-24-77(43)58(92)44-21-15-25-78(44)59(93)47(33(4)7-2)75-52(86)40(28-79)72-51(85)38(18-11-12-22-62)69-57(91)48(34(5)81)76-53(87)41(29-80)71-50(84)37(19-13-23-66-61(64)65)68-45(82)27-67-49(83)36(63)30-96/h8-10,16-17,32-34,36-44,46-48,79-81,96-97H,6-7,11-15,18-31,62-63H2,1-5H3,(H,67,83)(H,68,82)(H,69,91)(H,70,88)(H,71,84)(H,72,85)(H,73,90)(H,74,89)(H,75,86)(H,76,87)(H,94,95)(H4,64,65,66)/t32-,33-,34+,36-,37-,38-,39-,40-,41-,42-,43-,44-,46-,47-,48-/m0/s1. The Morgan fingerprint density at radius 2 is 1.08 bits per heavy atom. The van der Waals surface area contributed by atoms with Crippen LogP contribution in [0.3, 0.4) is 0 Å². The van der Waals surface area contributed by atoms with E-state index < -0.39 is 187 Å². The van der Waals surface area contributed by atoms with Crippen LogP contribution in [0.25, 0.3) is 0 Å². The van der Waals surface area contributed by atoms with Crippen molar-refractivity contribution in [1.82, 2.24) is 68.3 Å². The summed E-state index contributed by atoms with van der Waals surface area (Å²) in [5.41, 5.74) is 17.4. The first-order valence-electron chi connectivity index (χ1n) is 32.6. The zero-order valence-corrected chi connectivity index (χ0v) is 57.3. The highest BCUT2D eigenvalue weighted by Gasteiger charge is 2.46. The summed E-state index contributed by atoms with van der Waals surface area (Å²) in [7, 11) is 0. The Bertz CT molecular complexity index is 2850. The fraction of sp³-hybridized carbons (Fsp3) is 0.672. The first-order chi connectivity index (χ1) is 46.0. The van der Waals surface area contributed by atoms with Gasteiger partial charge in [0, 0.05) is 37.6 Å². The Balaban J connectivity index is 1.77. The number of thiol groups is 2. The summed E-state index contributed by atoms with van der Waals surface area (Å²) in [6.07, 6.45) is 0.514. The number of hydrogen-bond donors (Lipinski definition) is 21. The van der Waals surface area contributed by atoms with E-state index in [1.807, 2.05) is 0 Å². The number of nitrogens with zero attached hydrogens (tertiary/aromatic N) is 2. The fourth-order valence-electron chi connectivity index (χ4n) is 10.7. The van der Waals surface area contributed by atoms with Crippen LogP contribution >= 0.6 is 25.3 Å². The maximum atomic E-state index is 14.7. The molecule has 2 fully saturated rings. The van der Waals surface area contributed by atoms with Gasteiger partial charge < -0.3 is 106 Å². The van der Waals surface area contributed by atoms with Gasteiger partial charge in [-0.1, -0.05) is 70.9 Å². The third-order valence-electron chi connectivity index (χ3n) is 16.8. The van der Waals surface area contributed by atoms with Crippen molar-refractivity contribution in [3.63, 3.8) is 0 Å². The van der Waals surface area contributed by atoms with Crippen molar-refractivity contribution in [2.45, 2.75) is 190 Å². The highest BCUT2D eigenvalue weighted by molar-refractivity contribution is 7.80. The second-order valence-corrected chi connectivity index (χ2v) is 24.9. The quantitative estimate of drug-likeness (QED) is 0.0125. The van der Waals surface area contributed by atoms with Gasteiger partial charge in [-0.25, -0.2) is 4.79 Å². The number of rotatable bonds is 42. The number of carboxylic acids is 1. The van der Waals surface area contributed by atoms with Gasteiger partial charge in [0.1, 0.15) is 66.5 Å². The number of hydrogen-bond acceptors (Lipinski definition) is 21. The third kappa shape index (κ3) is 26.5. The average Bonchev–Trinajstić information content (AvgIpc) is 1.68. The molecule has 1 aromatic carbocycles. The number of carbonyl (C=O) groups is 13. The smallest absolute Gasteiger partial charge is 0.326 e. The van der Waals surface area contributed by atoms with Gasteiger partial charge in [-0.15, -0.1) is 0 Å². The lowest BCUT2D eigenvalue weighted by Gasteiger charge is -2.35. The largest absolute Gasteiger partial charge is 0.480 e. The molecule has 3 rings (SSSR count). The minimum Gasteiger partial charge on any atom is -0.480 e. The van der Waals surface area contributed by atoms with Gasteiger partial charge in [-0.2, -0.15) is 25.3 Å². The van der Waals surface area contributed by atoms with E-state index in [0.29, 0.717) is 37.7 Å². The highest BCUT2D eigenvalue weighted by Crippen LogP contribution is 2.27. The minimum atomic E-state index is -1.87. The molecule has 544 valence electrons. The second kappa shape index (κ2) is 42.7. The minimum absolute atomic E-state index is 0.0317. The van der Waals surface area contributed by atoms with Crippen molar-refractivity contribution in [1.29, 1.82) is 5.41 Å². The number of amides is 12. The van der Waals surface area contributed by atoms with Crippen molar-refractivity contribution >= 4 is 108 Å². The number of aliphatic hydroxyl groups is 3. The van der Waals surface area contributed by atoms with Crippen molar-refractivity contribution in [3.05, 3.63) is 35.9 Å². The number of unbranched alkanes of at least 4 members (excludes halogenated alkanes) is 1. The molecule has 97 heavy (non-hydrogen) atoms. The van der Waals surface area contributed by atoms with Crippen LogP contribution in [-0.4, -0.2) is 249 Å². The van der Waals surface area contributed by atoms with Gasteiger partial charge in [0.2, 0.25) is 70.9 Å². The van der Waals surface area contributed by atoms with E-state index in [1.165, 1.54) is 9.80 Å².